The van der Waals surface area contributed by atoms with E-state index in [4.69, 9.17) is 9.94 Å². The largest absolute Gasteiger partial charge is 0.445 e. The molecule has 0 aliphatic heterocycles. The van der Waals surface area contributed by atoms with Gasteiger partial charge in [-0.25, -0.2) is 14.9 Å². The number of anilines is 1. The molecule has 1 aromatic carbocycles. The van der Waals surface area contributed by atoms with Gasteiger partial charge >= 0.3 is 12.1 Å². The molecule has 3 amide bonds. The van der Waals surface area contributed by atoms with Gasteiger partial charge in [-0.3, -0.25) is 4.90 Å². The molecule has 0 saturated carbocycles. The van der Waals surface area contributed by atoms with E-state index in [1.54, 1.807) is 31.2 Å². The Bertz CT molecular complexity index is 609. The molecule has 0 heterocycles. The van der Waals surface area contributed by atoms with Crippen LogP contribution >= 0.6 is 0 Å². The lowest BCUT2D eigenvalue weighted by Crippen LogP contribution is -2.44. The van der Waals surface area contributed by atoms with Crippen LogP contribution in [0.25, 0.3) is 0 Å². The van der Waals surface area contributed by atoms with Gasteiger partial charge in [0.25, 0.3) is 0 Å². The third kappa shape index (κ3) is 5.75. The van der Waals surface area contributed by atoms with E-state index in [-0.39, 0.29) is 12.5 Å². The van der Waals surface area contributed by atoms with Crippen molar-refractivity contribution in [2.24, 2.45) is 11.1 Å². The van der Waals surface area contributed by atoms with Crippen LogP contribution in [-0.2, 0) is 4.74 Å². The molecule has 7 nitrogen and oxygen atoms in total. The molecule has 0 atom stereocenters. The fraction of sp³-hybridized carbons (Fsp3) is 0.353. The number of amides is 3. The van der Waals surface area contributed by atoms with Gasteiger partial charge in [-0.05, 0) is 30.5 Å². The fourth-order valence-corrected chi connectivity index (χ4v) is 1.94. The Balaban J connectivity index is 2.93. The number of carbonyl (C=O) groups is 2. The maximum Gasteiger partial charge on any atom is 0.415 e. The summed E-state index contributed by atoms with van der Waals surface area (Å²) in [5, 5.41) is 14.1. The first-order valence-corrected chi connectivity index (χ1v) is 7.54. The Hall–Kier alpha value is -2.83. The van der Waals surface area contributed by atoms with E-state index >= 15 is 0 Å². The van der Waals surface area contributed by atoms with Crippen molar-refractivity contribution in [2.45, 2.75) is 20.8 Å². The Kier molecular flexibility index (Phi) is 7.48. The number of imide groups is 1. The summed E-state index contributed by atoms with van der Waals surface area (Å²) in [5.41, 5.74) is 1.82. The number of nitrogens with zero attached hydrogens (tertiary/aromatic N) is 2. The van der Waals surface area contributed by atoms with Crippen molar-refractivity contribution in [3.63, 3.8) is 0 Å². The average Bonchev–Trinajstić information content (AvgIpc) is 2.57. The number of benzene rings is 1. The average molecular weight is 333 g/mol. The van der Waals surface area contributed by atoms with Crippen LogP contribution in [0.1, 0.15) is 26.3 Å². The highest BCUT2D eigenvalue weighted by Gasteiger charge is 2.20. The maximum absolute atomic E-state index is 12.4. The summed E-state index contributed by atoms with van der Waals surface area (Å²) >= 11 is 0. The lowest BCUT2D eigenvalue weighted by atomic mass is 10.1. The molecule has 0 radical (unpaired) electrons. The van der Waals surface area contributed by atoms with Crippen LogP contribution in [-0.4, -0.2) is 36.2 Å². The van der Waals surface area contributed by atoms with Gasteiger partial charge in [0.1, 0.15) is 6.61 Å². The summed E-state index contributed by atoms with van der Waals surface area (Å²) in [6.45, 7) is 9.49. The zero-order valence-electron chi connectivity index (χ0n) is 14.2. The Morgan fingerprint density at radius 3 is 2.50 bits per heavy atom. The van der Waals surface area contributed by atoms with Crippen molar-refractivity contribution >= 4 is 23.5 Å². The van der Waals surface area contributed by atoms with Gasteiger partial charge in [0.05, 0.1) is 5.71 Å². The molecule has 7 heteroatoms. The summed E-state index contributed by atoms with van der Waals surface area (Å²) in [7, 11) is 0. The summed E-state index contributed by atoms with van der Waals surface area (Å²) < 4.78 is 4.76. The van der Waals surface area contributed by atoms with Gasteiger partial charge in [0.2, 0.25) is 0 Å². The van der Waals surface area contributed by atoms with Gasteiger partial charge < -0.3 is 9.94 Å². The summed E-state index contributed by atoms with van der Waals surface area (Å²) in [4.78, 5) is 25.3. The van der Waals surface area contributed by atoms with Crippen molar-refractivity contribution in [1.82, 2.24) is 5.32 Å². The van der Waals surface area contributed by atoms with Gasteiger partial charge in [-0.1, -0.05) is 43.8 Å². The summed E-state index contributed by atoms with van der Waals surface area (Å²) in [6.07, 6.45) is 0.591. The molecule has 0 aliphatic rings. The van der Waals surface area contributed by atoms with Gasteiger partial charge in [0.15, 0.2) is 0 Å². The molecule has 2 N–H and O–H groups in total. The van der Waals surface area contributed by atoms with E-state index in [1.807, 2.05) is 13.8 Å². The van der Waals surface area contributed by atoms with E-state index in [2.05, 4.69) is 17.1 Å². The van der Waals surface area contributed by atoms with Crippen LogP contribution < -0.4 is 10.2 Å². The molecule has 0 spiro atoms. The third-order valence-electron chi connectivity index (χ3n) is 3.08. The van der Waals surface area contributed by atoms with Crippen molar-refractivity contribution in [2.75, 3.05) is 18.1 Å². The Morgan fingerprint density at radius 2 is 2.00 bits per heavy atom. The Labute approximate surface area is 141 Å². The van der Waals surface area contributed by atoms with Crippen LogP contribution in [0, 0.1) is 5.92 Å². The van der Waals surface area contributed by atoms with Crippen LogP contribution in [0.5, 0.6) is 0 Å². The van der Waals surface area contributed by atoms with E-state index in [0.29, 0.717) is 17.9 Å². The number of alkyl carbamates (subject to hydrolysis) is 1. The molecule has 0 fully saturated rings. The molecule has 1 rings (SSSR count). The molecule has 0 unspecified atom stereocenters. The van der Waals surface area contributed by atoms with E-state index in [0.717, 1.165) is 5.56 Å². The lowest BCUT2D eigenvalue weighted by molar-refractivity contribution is 0.159. The molecular formula is C17H23N3O4. The highest BCUT2D eigenvalue weighted by molar-refractivity contribution is 6.02. The number of oxime groups is 1. The predicted molar refractivity (Wildman–Crippen MR) is 92.7 cm³/mol. The monoisotopic (exact) mass is 333 g/mol. The summed E-state index contributed by atoms with van der Waals surface area (Å²) in [5.74, 6) is 0.195. The molecule has 24 heavy (non-hydrogen) atoms. The molecule has 0 aliphatic carbocycles. The van der Waals surface area contributed by atoms with Crippen molar-refractivity contribution in [3.05, 3.63) is 42.5 Å². The minimum atomic E-state index is -0.825. The normalized spacial score (nSPS) is 11.1. The molecule has 0 aromatic heterocycles. The molecule has 130 valence electrons. The minimum Gasteiger partial charge on any atom is -0.445 e. The van der Waals surface area contributed by atoms with Gasteiger partial charge in [-0.15, -0.1) is 0 Å². The van der Waals surface area contributed by atoms with Crippen LogP contribution in [0.15, 0.2) is 42.1 Å². The first kappa shape index (κ1) is 19.2. The first-order chi connectivity index (χ1) is 11.4. The van der Waals surface area contributed by atoms with Crippen LogP contribution in [0.3, 0.4) is 0 Å². The number of rotatable bonds is 6. The third-order valence-corrected chi connectivity index (χ3v) is 3.08. The fourth-order valence-electron chi connectivity index (χ4n) is 1.94. The molecule has 1 aromatic rings. The van der Waals surface area contributed by atoms with E-state index in [9.17, 15) is 9.59 Å². The van der Waals surface area contributed by atoms with Gasteiger partial charge in [0, 0.05) is 12.2 Å². The smallest absolute Gasteiger partial charge is 0.415 e. The van der Waals surface area contributed by atoms with Crippen LogP contribution in [0.2, 0.25) is 0 Å². The lowest BCUT2D eigenvalue weighted by Gasteiger charge is -2.24. The van der Waals surface area contributed by atoms with E-state index < -0.39 is 12.1 Å². The summed E-state index contributed by atoms with van der Waals surface area (Å²) in [6, 6.07) is 6.35. The number of hydrogen-bond acceptors (Lipinski definition) is 5. The highest BCUT2D eigenvalue weighted by atomic mass is 16.5. The molecule has 0 saturated heterocycles. The maximum atomic E-state index is 12.4. The number of carbonyl (C=O) groups excluding carboxylic acids is 2. The van der Waals surface area contributed by atoms with E-state index in [1.165, 1.54) is 11.0 Å². The zero-order valence-corrected chi connectivity index (χ0v) is 14.2. The second-order valence-electron chi connectivity index (χ2n) is 5.55. The van der Waals surface area contributed by atoms with Gasteiger partial charge in [-0.2, -0.15) is 0 Å². The van der Waals surface area contributed by atoms with Crippen molar-refractivity contribution in [3.8, 4) is 0 Å². The quantitative estimate of drug-likeness (QED) is 0.361. The number of nitrogens with one attached hydrogen (secondary N) is 1. The topological polar surface area (TPSA) is 91.2 Å². The number of ether oxygens (including phenoxy) is 1. The second kappa shape index (κ2) is 9.34. The standard InChI is InChI=1S/C17H23N3O4/c1-5-10-24-17(22)18-16(21)20(11-12(2)3)15-8-6-14(7-9-15)13(4)19-23/h5-9,12,23H,1,10-11H2,2-4H3,(H,18,21,22). The predicted octanol–water partition coefficient (Wildman–Crippen LogP) is 3.38. The van der Waals surface area contributed by atoms with Crippen LogP contribution in [0.4, 0.5) is 15.3 Å². The minimum absolute atomic E-state index is 0.0256. The van der Waals surface area contributed by atoms with Crippen molar-refractivity contribution < 1.29 is 19.5 Å². The highest BCUT2D eigenvalue weighted by Crippen LogP contribution is 2.18. The number of hydrogen-bond donors (Lipinski definition) is 2. The second-order valence-corrected chi connectivity index (χ2v) is 5.55. The molecule has 0 bridgehead atoms. The zero-order chi connectivity index (χ0) is 18.1. The number of urea groups is 1. The molecular weight excluding hydrogens is 310 g/mol. The van der Waals surface area contributed by atoms with Crippen molar-refractivity contribution in [1.29, 1.82) is 0 Å². The SMILES string of the molecule is C=CCOC(=O)NC(=O)N(CC(C)C)c1ccc(C(C)=NO)cc1. The Morgan fingerprint density at radius 1 is 1.38 bits per heavy atom. The first-order valence-electron chi connectivity index (χ1n) is 7.54.